The van der Waals surface area contributed by atoms with E-state index in [1.807, 2.05) is 0 Å². The van der Waals surface area contributed by atoms with Crippen LogP contribution in [0.5, 0.6) is 0 Å². The lowest BCUT2D eigenvalue weighted by atomic mass is 9.95. The quantitative estimate of drug-likeness (QED) is 0.252. The molecule has 1 heterocycles. The largest absolute Gasteiger partial charge is 0.342 e. The van der Waals surface area contributed by atoms with Crippen molar-refractivity contribution in [2.75, 3.05) is 19.6 Å². The zero-order valence-electron chi connectivity index (χ0n) is 10.9. The Morgan fingerprint density at radius 1 is 1.56 bits per heavy atom. The van der Waals surface area contributed by atoms with Crippen molar-refractivity contribution in [1.29, 1.82) is 0 Å². The fraction of sp³-hybridized carbons (Fsp3) is 0.917. The van der Waals surface area contributed by atoms with E-state index < -0.39 is 0 Å². The Kier molecular flexibility index (Phi) is 5.60. The first-order chi connectivity index (χ1) is 7.69. The molecule has 1 aliphatic rings. The van der Waals surface area contributed by atoms with Gasteiger partial charge in [-0.15, -0.1) is 0 Å². The molecular weight excluding hydrogens is 200 g/mol. The number of likely N-dealkylation sites (tertiary alicyclic amines) is 1. The van der Waals surface area contributed by atoms with Crippen LogP contribution in [0.1, 0.15) is 40.0 Å². The molecule has 0 spiro atoms. The first-order valence-electron chi connectivity index (χ1n) is 6.45. The number of hydrogen-bond acceptors (Lipinski definition) is 2. The van der Waals surface area contributed by atoms with Gasteiger partial charge in [-0.05, 0) is 24.7 Å². The fourth-order valence-corrected chi connectivity index (χ4v) is 2.10. The van der Waals surface area contributed by atoms with Gasteiger partial charge < -0.3 is 4.90 Å². The SMILES string of the molecule is CCCCN=C(NN)N1CCC(C(C)C)C1. The average Bonchev–Trinajstić information content (AvgIpc) is 2.74. The zero-order valence-corrected chi connectivity index (χ0v) is 10.9. The Hall–Kier alpha value is -0.770. The van der Waals surface area contributed by atoms with Crippen LogP contribution in [0.25, 0.3) is 0 Å². The predicted molar refractivity (Wildman–Crippen MR) is 69.1 cm³/mol. The molecule has 1 atom stereocenters. The zero-order chi connectivity index (χ0) is 12.0. The van der Waals surface area contributed by atoms with E-state index in [9.17, 15) is 0 Å². The number of nitrogens with one attached hydrogen (secondary N) is 1. The summed E-state index contributed by atoms with van der Waals surface area (Å²) in [6.45, 7) is 9.80. The molecule has 0 amide bonds. The van der Waals surface area contributed by atoms with Crippen LogP contribution in [0.3, 0.4) is 0 Å². The summed E-state index contributed by atoms with van der Waals surface area (Å²) >= 11 is 0. The summed E-state index contributed by atoms with van der Waals surface area (Å²) in [6.07, 6.45) is 3.56. The molecule has 4 nitrogen and oxygen atoms in total. The minimum atomic E-state index is 0.750. The van der Waals surface area contributed by atoms with Crippen molar-refractivity contribution >= 4 is 5.96 Å². The van der Waals surface area contributed by atoms with Crippen LogP contribution in [-0.4, -0.2) is 30.5 Å². The maximum absolute atomic E-state index is 5.53. The van der Waals surface area contributed by atoms with E-state index in [1.165, 1.54) is 12.8 Å². The van der Waals surface area contributed by atoms with Gasteiger partial charge in [0.15, 0.2) is 0 Å². The summed E-state index contributed by atoms with van der Waals surface area (Å²) in [7, 11) is 0. The third-order valence-corrected chi connectivity index (χ3v) is 3.37. The highest BCUT2D eigenvalue weighted by molar-refractivity contribution is 5.79. The molecule has 1 saturated heterocycles. The Bertz CT molecular complexity index is 225. The maximum atomic E-state index is 5.53. The molecule has 0 bridgehead atoms. The van der Waals surface area contributed by atoms with Crippen LogP contribution in [0, 0.1) is 11.8 Å². The third-order valence-electron chi connectivity index (χ3n) is 3.37. The van der Waals surface area contributed by atoms with E-state index in [2.05, 4.69) is 36.1 Å². The van der Waals surface area contributed by atoms with Crippen molar-refractivity contribution in [2.24, 2.45) is 22.7 Å². The minimum Gasteiger partial charge on any atom is -0.342 e. The van der Waals surface area contributed by atoms with Gasteiger partial charge in [0.1, 0.15) is 0 Å². The number of nitrogens with zero attached hydrogens (tertiary/aromatic N) is 2. The molecule has 94 valence electrons. The highest BCUT2D eigenvalue weighted by atomic mass is 15.4. The van der Waals surface area contributed by atoms with Crippen LogP contribution in [0.2, 0.25) is 0 Å². The van der Waals surface area contributed by atoms with Gasteiger partial charge in [0.2, 0.25) is 5.96 Å². The van der Waals surface area contributed by atoms with Crippen LogP contribution >= 0.6 is 0 Å². The van der Waals surface area contributed by atoms with Crippen LogP contribution in [0.4, 0.5) is 0 Å². The second kappa shape index (κ2) is 6.74. The fourth-order valence-electron chi connectivity index (χ4n) is 2.10. The first-order valence-corrected chi connectivity index (χ1v) is 6.45. The van der Waals surface area contributed by atoms with Gasteiger partial charge >= 0.3 is 0 Å². The molecule has 16 heavy (non-hydrogen) atoms. The van der Waals surface area contributed by atoms with Crippen molar-refractivity contribution in [2.45, 2.75) is 40.0 Å². The number of nitrogens with two attached hydrogens (primary N) is 1. The summed E-state index contributed by atoms with van der Waals surface area (Å²) in [5, 5.41) is 0. The third kappa shape index (κ3) is 3.67. The van der Waals surface area contributed by atoms with Gasteiger partial charge in [-0.2, -0.15) is 0 Å². The highest BCUT2D eigenvalue weighted by Gasteiger charge is 2.26. The van der Waals surface area contributed by atoms with Crippen LogP contribution < -0.4 is 11.3 Å². The maximum Gasteiger partial charge on any atom is 0.208 e. The van der Waals surface area contributed by atoms with E-state index in [0.717, 1.165) is 43.9 Å². The summed E-state index contributed by atoms with van der Waals surface area (Å²) in [4.78, 5) is 6.79. The van der Waals surface area contributed by atoms with Gasteiger partial charge in [-0.1, -0.05) is 27.2 Å². The molecule has 1 fully saturated rings. The molecule has 1 rings (SSSR count). The average molecular weight is 226 g/mol. The smallest absolute Gasteiger partial charge is 0.208 e. The number of rotatable bonds is 4. The second-order valence-corrected chi connectivity index (χ2v) is 4.94. The Morgan fingerprint density at radius 3 is 2.81 bits per heavy atom. The minimum absolute atomic E-state index is 0.750. The summed E-state index contributed by atoms with van der Waals surface area (Å²) in [5.74, 6) is 7.94. The van der Waals surface area contributed by atoms with Gasteiger partial charge in [0, 0.05) is 19.6 Å². The van der Waals surface area contributed by atoms with Gasteiger partial charge in [-0.3, -0.25) is 10.4 Å². The first kappa shape index (κ1) is 13.3. The topological polar surface area (TPSA) is 53.6 Å². The van der Waals surface area contributed by atoms with Crippen molar-refractivity contribution in [3.63, 3.8) is 0 Å². The molecule has 1 unspecified atom stereocenters. The summed E-state index contributed by atoms with van der Waals surface area (Å²) < 4.78 is 0. The molecular formula is C12H26N4. The second-order valence-electron chi connectivity index (χ2n) is 4.94. The van der Waals surface area contributed by atoms with E-state index in [0.29, 0.717) is 0 Å². The molecule has 0 aromatic carbocycles. The predicted octanol–water partition coefficient (Wildman–Crippen LogP) is 1.58. The summed E-state index contributed by atoms with van der Waals surface area (Å²) in [6, 6.07) is 0. The van der Waals surface area contributed by atoms with Gasteiger partial charge in [0.25, 0.3) is 0 Å². The highest BCUT2D eigenvalue weighted by Crippen LogP contribution is 2.23. The van der Waals surface area contributed by atoms with Crippen molar-refractivity contribution in [3.05, 3.63) is 0 Å². The molecule has 1 aliphatic heterocycles. The van der Waals surface area contributed by atoms with E-state index in [4.69, 9.17) is 5.84 Å². The van der Waals surface area contributed by atoms with Crippen LogP contribution in [0.15, 0.2) is 4.99 Å². The summed E-state index contributed by atoms with van der Waals surface area (Å²) in [5.41, 5.74) is 2.74. The molecule has 0 saturated carbocycles. The molecule has 0 radical (unpaired) electrons. The normalized spacial score (nSPS) is 21.9. The number of aliphatic imine (C=N–C) groups is 1. The number of guanidine groups is 1. The van der Waals surface area contributed by atoms with Crippen molar-refractivity contribution < 1.29 is 0 Å². The Balaban J connectivity index is 2.45. The van der Waals surface area contributed by atoms with E-state index in [-0.39, 0.29) is 0 Å². The molecule has 4 heteroatoms. The standard InChI is InChI=1S/C12H26N4/c1-4-5-7-14-12(15-13)16-8-6-11(9-16)10(2)3/h10-11H,4-9,13H2,1-3H3,(H,14,15). The molecule has 3 N–H and O–H groups in total. The van der Waals surface area contributed by atoms with Gasteiger partial charge in [-0.25, -0.2) is 5.84 Å². The lowest BCUT2D eigenvalue weighted by Crippen LogP contribution is -2.44. The number of hydrogen-bond donors (Lipinski definition) is 2. The van der Waals surface area contributed by atoms with Crippen molar-refractivity contribution in [3.8, 4) is 0 Å². The van der Waals surface area contributed by atoms with Gasteiger partial charge in [0.05, 0.1) is 0 Å². The molecule has 0 aromatic heterocycles. The lowest BCUT2D eigenvalue weighted by Gasteiger charge is -2.21. The van der Waals surface area contributed by atoms with E-state index >= 15 is 0 Å². The van der Waals surface area contributed by atoms with E-state index in [1.54, 1.807) is 0 Å². The van der Waals surface area contributed by atoms with Crippen LogP contribution in [-0.2, 0) is 0 Å². The monoisotopic (exact) mass is 226 g/mol. The molecule has 0 aliphatic carbocycles. The number of hydrazine groups is 1. The Labute approximate surface area is 99.3 Å². The molecule has 0 aromatic rings. The number of unbranched alkanes of at least 4 members (excludes halogenated alkanes) is 1. The lowest BCUT2D eigenvalue weighted by molar-refractivity contribution is 0.384. The Morgan fingerprint density at radius 2 is 2.31 bits per heavy atom. The van der Waals surface area contributed by atoms with Crippen molar-refractivity contribution in [1.82, 2.24) is 10.3 Å².